The molecule has 1 N–H and O–H groups in total. The van der Waals surface area contributed by atoms with Crippen molar-refractivity contribution in [1.29, 1.82) is 0 Å². The van der Waals surface area contributed by atoms with E-state index < -0.39 is 21.2 Å². The van der Waals surface area contributed by atoms with Crippen molar-refractivity contribution in [2.75, 3.05) is 6.26 Å². The molecule has 0 amide bonds. The maximum atomic E-state index is 11.4. The van der Waals surface area contributed by atoms with E-state index in [4.69, 9.17) is 0 Å². The monoisotopic (exact) mass is 370 g/mol. The first-order chi connectivity index (χ1) is 7.23. The molecule has 0 spiro atoms. The molecule has 2 atom stereocenters. The van der Waals surface area contributed by atoms with Gasteiger partial charge in [0.25, 0.3) is 0 Å². The van der Waals surface area contributed by atoms with Crippen LogP contribution in [0.4, 0.5) is 0 Å². The average Bonchev–Trinajstić information content (AvgIpc) is 2.18. The van der Waals surface area contributed by atoms with Crippen LogP contribution in [0.3, 0.4) is 0 Å². The van der Waals surface area contributed by atoms with E-state index in [2.05, 4.69) is 31.9 Å². The summed E-state index contributed by atoms with van der Waals surface area (Å²) in [6.07, 6.45) is 0.0779. The topological polar surface area (TPSA) is 54.4 Å². The van der Waals surface area contributed by atoms with Crippen LogP contribution in [-0.4, -0.2) is 25.0 Å². The van der Waals surface area contributed by atoms with Gasteiger partial charge in [-0.3, -0.25) is 0 Å². The van der Waals surface area contributed by atoms with Crippen LogP contribution >= 0.6 is 31.9 Å². The first-order valence-corrected chi connectivity index (χ1v) is 8.09. The van der Waals surface area contributed by atoms with Gasteiger partial charge in [0.15, 0.2) is 9.84 Å². The van der Waals surface area contributed by atoms with Crippen LogP contribution in [0.1, 0.15) is 18.6 Å². The Morgan fingerprint density at radius 3 is 2.38 bits per heavy atom. The maximum absolute atomic E-state index is 11.4. The lowest BCUT2D eigenvalue weighted by Gasteiger charge is -2.19. The summed E-state index contributed by atoms with van der Waals surface area (Å²) < 4.78 is 24.2. The van der Waals surface area contributed by atoms with E-state index in [1.807, 2.05) is 6.07 Å². The fourth-order valence-electron chi connectivity index (χ4n) is 1.23. The molecule has 0 aliphatic rings. The molecule has 0 fully saturated rings. The van der Waals surface area contributed by atoms with Crippen molar-refractivity contribution in [3.05, 3.63) is 32.7 Å². The number of rotatable bonds is 3. The lowest BCUT2D eigenvalue weighted by atomic mass is 10.1. The van der Waals surface area contributed by atoms with Gasteiger partial charge < -0.3 is 5.11 Å². The lowest BCUT2D eigenvalue weighted by Crippen LogP contribution is -2.24. The highest BCUT2D eigenvalue weighted by Gasteiger charge is 2.26. The number of aliphatic hydroxyl groups excluding tert-OH is 1. The van der Waals surface area contributed by atoms with Gasteiger partial charge in [-0.25, -0.2) is 8.42 Å². The summed E-state index contributed by atoms with van der Waals surface area (Å²) in [6.45, 7) is 1.49. The van der Waals surface area contributed by atoms with E-state index in [1.165, 1.54) is 6.92 Å². The van der Waals surface area contributed by atoms with E-state index in [9.17, 15) is 13.5 Å². The zero-order chi connectivity index (χ0) is 12.5. The summed E-state index contributed by atoms with van der Waals surface area (Å²) in [7, 11) is -3.27. The number of hydrogen-bond acceptors (Lipinski definition) is 3. The molecule has 0 radical (unpaired) electrons. The molecule has 0 heterocycles. The minimum atomic E-state index is -3.27. The Morgan fingerprint density at radius 1 is 1.31 bits per heavy atom. The zero-order valence-electron chi connectivity index (χ0n) is 8.81. The average molecular weight is 372 g/mol. The van der Waals surface area contributed by atoms with Gasteiger partial charge in [-0.1, -0.05) is 31.9 Å². The highest BCUT2D eigenvalue weighted by molar-refractivity contribution is 9.11. The lowest BCUT2D eigenvalue weighted by molar-refractivity contribution is 0.175. The normalized spacial score (nSPS) is 15.8. The molecule has 90 valence electrons. The van der Waals surface area contributed by atoms with Gasteiger partial charge >= 0.3 is 0 Å². The molecule has 1 aromatic rings. The molecule has 0 aromatic heterocycles. The molecule has 0 saturated carbocycles. The van der Waals surface area contributed by atoms with E-state index >= 15 is 0 Å². The van der Waals surface area contributed by atoms with Gasteiger partial charge in [-0.2, -0.15) is 0 Å². The van der Waals surface area contributed by atoms with Crippen LogP contribution in [0.15, 0.2) is 27.1 Å². The molecule has 0 aliphatic carbocycles. The van der Waals surface area contributed by atoms with Crippen molar-refractivity contribution >= 4 is 41.7 Å². The van der Waals surface area contributed by atoms with Gasteiger partial charge in [0, 0.05) is 15.2 Å². The Bertz CT molecular complexity index is 485. The third kappa shape index (κ3) is 3.29. The van der Waals surface area contributed by atoms with Gasteiger partial charge in [0.1, 0.15) is 0 Å². The molecule has 0 saturated heterocycles. The summed E-state index contributed by atoms with van der Waals surface area (Å²) in [5.74, 6) is 0. The Hall–Kier alpha value is 0.0900. The van der Waals surface area contributed by atoms with Crippen LogP contribution in [0.25, 0.3) is 0 Å². The quantitative estimate of drug-likeness (QED) is 0.888. The Labute approximate surface area is 112 Å². The molecule has 3 nitrogen and oxygen atoms in total. The standard InChI is InChI=1S/C10H12Br2O3S/c1-6(16(2,14)15)10(13)8-5-7(11)3-4-9(8)12/h3-6,10,13H,1-2H3. The van der Waals surface area contributed by atoms with E-state index in [0.29, 0.717) is 10.0 Å². The second kappa shape index (κ2) is 5.16. The Kier molecular flexibility index (Phi) is 4.57. The van der Waals surface area contributed by atoms with Crippen LogP contribution in [0, 0.1) is 0 Å². The largest absolute Gasteiger partial charge is 0.387 e. The first-order valence-electron chi connectivity index (χ1n) is 4.55. The smallest absolute Gasteiger partial charge is 0.152 e. The minimum Gasteiger partial charge on any atom is -0.387 e. The highest BCUT2D eigenvalue weighted by Crippen LogP contribution is 2.30. The van der Waals surface area contributed by atoms with Crippen molar-refractivity contribution in [2.24, 2.45) is 0 Å². The summed E-state index contributed by atoms with van der Waals surface area (Å²) in [6, 6.07) is 5.28. The number of halogens is 2. The van der Waals surface area contributed by atoms with Crippen LogP contribution in [0.5, 0.6) is 0 Å². The van der Waals surface area contributed by atoms with Gasteiger partial charge in [0.2, 0.25) is 0 Å². The van der Waals surface area contributed by atoms with Gasteiger partial charge in [-0.15, -0.1) is 0 Å². The van der Waals surface area contributed by atoms with Crippen molar-refractivity contribution < 1.29 is 13.5 Å². The number of benzene rings is 1. The van der Waals surface area contributed by atoms with Gasteiger partial charge in [0.05, 0.1) is 11.4 Å². The van der Waals surface area contributed by atoms with Crippen molar-refractivity contribution in [3.63, 3.8) is 0 Å². The molecule has 16 heavy (non-hydrogen) atoms. The summed E-state index contributed by atoms with van der Waals surface area (Å²) >= 11 is 6.57. The molecule has 6 heteroatoms. The molecular formula is C10H12Br2O3S. The van der Waals surface area contributed by atoms with Crippen molar-refractivity contribution in [2.45, 2.75) is 18.3 Å². The predicted octanol–water partition coefficient (Wildman–Crippen LogP) is 2.68. The summed E-state index contributed by atoms with van der Waals surface area (Å²) in [5.41, 5.74) is 0.562. The minimum absolute atomic E-state index is 0.562. The van der Waals surface area contributed by atoms with E-state index in [0.717, 1.165) is 10.7 Å². The number of hydrogen-bond donors (Lipinski definition) is 1. The molecule has 1 aromatic carbocycles. The maximum Gasteiger partial charge on any atom is 0.152 e. The fourth-order valence-corrected chi connectivity index (χ4v) is 2.70. The molecule has 1 rings (SSSR count). The SMILES string of the molecule is CC(C(O)c1cc(Br)ccc1Br)S(C)(=O)=O. The Morgan fingerprint density at radius 2 is 1.88 bits per heavy atom. The highest BCUT2D eigenvalue weighted by atomic mass is 79.9. The third-order valence-corrected chi connectivity index (χ3v) is 5.22. The molecule has 0 bridgehead atoms. The van der Waals surface area contributed by atoms with E-state index in [1.54, 1.807) is 12.1 Å². The van der Waals surface area contributed by atoms with Gasteiger partial charge in [-0.05, 0) is 30.7 Å². The number of aliphatic hydroxyl groups is 1. The predicted molar refractivity (Wildman–Crippen MR) is 71.1 cm³/mol. The molecule has 2 unspecified atom stereocenters. The van der Waals surface area contributed by atoms with Crippen molar-refractivity contribution in [1.82, 2.24) is 0 Å². The molecule has 0 aliphatic heterocycles. The molecular weight excluding hydrogens is 360 g/mol. The van der Waals surface area contributed by atoms with Crippen LogP contribution < -0.4 is 0 Å². The van der Waals surface area contributed by atoms with Crippen LogP contribution in [-0.2, 0) is 9.84 Å². The zero-order valence-corrected chi connectivity index (χ0v) is 12.8. The second-order valence-electron chi connectivity index (χ2n) is 3.65. The first kappa shape index (κ1) is 14.2. The van der Waals surface area contributed by atoms with Crippen LogP contribution in [0.2, 0.25) is 0 Å². The third-order valence-electron chi connectivity index (χ3n) is 2.40. The second-order valence-corrected chi connectivity index (χ2v) is 7.82. The summed E-state index contributed by atoms with van der Waals surface area (Å²) in [4.78, 5) is 0. The fraction of sp³-hybridized carbons (Fsp3) is 0.400. The number of sulfone groups is 1. The van der Waals surface area contributed by atoms with Crippen molar-refractivity contribution in [3.8, 4) is 0 Å². The summed E-state index contributed by atoms with van der Waals surface area (Å²) in [5, 5.41) is 9.16. The van der Waals surface area contributed by atoms with E-state index in [-0.39, 0.29) is 0 Å². The Balaban J connectivity index is 3.14.